The van der Waals surface area contributed by atoms with Gasteiger partial charge in [0.15, 0.2) is 0 Å². The SMILES string of the molecule is CCCC(C#N)C(CCC)c1ccc(N(C)C)cc1. The van der Waals surface area contributed by atoms with Crippen LogP contribution in [0.3, 0.4) is 0 Å². The topological polar surface area (TPSA) is 27.0 Å². The van der Waals surface area contributed by atoms with Gasteiger partial charge in [-0.3, -0.25) is 0 Å². The van der Waals surface area contributed by atoms with Crippen molar-refractivity contribution in [3.05, 3.63) is 29.8 Å². The zero-order valence-electron chi connectivity index (χ0n) is 12.7. The first-order valence-corrected chi connectivity index (χ1v) is 7.30. The Morgan fingerprint density at radius 1 is 1.05 bits per heavy atom. The normalized spacial score (nSPS) is 13.6. The summed E-state index contributed by atoms with van der Waals surface area (Å²) in [7, 11) is 4.10. The van der Waals surface area contributed by atoms with Crippen LogP contribution in [-0.2, 0) is 0 Å². The Morgan fingerprint density at radius 2 is 1.63 bits per heavy atom. The summed E-state index contributed by atoms with van der Waals surface area (Å²) in [5, 5.41) is 9.40. The molecule has 2 nitrogen and oxygen atoms in total. The molecule has 0 aliphatic carbocycles. The zero-order chi connectivity index (χ0) is 14.3. The summed E-state index contributed by atoms with van der Waals surface area (Å²) in [6, 6.07) is 11.2. The number of nitrogens with zero attached hydrogens (tertiary/aromatic N) is 2. The minimum Gasteiger partial charge on any atom is -0.378 e. The number of rotatable bonds is 7. The van der Waals surface area contributed by atoms with Crippen LogP contribution in [0.15, 0.2) is 24.3 Å². The molecule has 0 aliphatic heterocycles. The minimum absolute atomic E-state index is 0.148. The maximum absolute atomic E-state index is 9.40. The third kappa shape index (κ3) is 4.28. The fourth-order valence-corrected chi connectivity index (χ4v) is 2.60. The molecule has 0 aliphatic rings. The molecule has 0 saturated carbocycles. The maximum Gasteiger partial charge on any atom is 0.0662 e. The smallest absolute Gasteiger partial charge is 0.0662 e. The third-order valence-electron chi connectivity index (χ3n) is 3.69. The van der Waals surface area contributed by atoms with Crippen LogP contribution in [0.2, 0.25) is 0 Å². The lowest BCUT2D eigenvalue weighted by atomic mass is 9.81. The van der Waals surface area contributed by atoms with Gasteiger partial charge in [0.1, 0.15) is 0 Å². The van der Waals surface area contributed by atoms with Crippen molar-refractivity contribution >= 4 is 5.69 Å². The van der Waals surface area contributed by atoms with Crippen LogP contribution in [0, 0.1) is 17.2 Å². The molecule has 104 valence electrons. The van der Waals surface area contributed by atoms with Gasteiger partial charge in [0, 0.05) is 19.8 Å². The molecule has 0 aromatic heterocycles. The predicted octanol–water partition coefficient (Wildman–Crippen LogP) is 4.58. The number of benzene rings is 1. The number of nitriles is 1. The summed E-state index contributed by atoms with van der Waals surface area (Å²) in [6.07, 6.45) is 4.30. The summed E-state index contributed by atoms with van der Waals surface area (Å²) in [5.41, 5.74) is 2.52. The van der Waals surface area contributed by atoms with Crippen molar-refractivity contribution in [2.75, 3.05) is 19.0 Å². The Bertz CT molecular complexity index is 400. The minimum atomic E-state index is 0.148. The highest BCUT2D eigenvalue weighted by atomic mass is 15.1. The third-order valence-corrected chi connectivity index (χ3v) is 3.69. The van der Waals surface area contributed by atoms with Gasteiger partial charge in [0.2, 0.25) is 0 Å². The molecule has 0 radical (unpaired) electrons. The van der Waals surface area contributed by atoms with Gasteiger partial charge in [-0.05, 0) is 36.5 Å². The average molecular weight is 258 g/mol. The molecule has 0 N–H and O–H groups in total. The predicted molar refractivity (Wildman–Crippen MR) is 82.4 cm³/mol. The first-order chi connectivity index (χ1) is 9.13. The first-order valence-electron chi connectivity index (χ1n) is 7.30. The van der Waals surface area contributed by atoms with E-state index in [4.69, 9.17) is 0 Å². The zero-order valence-corrected chi connectivity index (χ0v) is 12.7. The van der Waals surface area contributed by atoms with Crippen molar-refractivity contribution in [2.45, 2.75) is 45.4 Å². The summed E-state index contributed by atoms with van der Waals surface area (Å²) in [4.78, 5) is 2.10. The van der Waals surface area contributed by atoms with E-state index in [0.29, 0.717) is 5.92 Å². The Hall–Kier alpha value is -1.49. The van der Waals surface area contributed by atoms with Gasteiger partial charge < -0.3 is 4.90 Å². The van der Waals surface area contributed by atoms with Crippen LogP contribution in [0.1, 0.15) is 51.0 Å². The molecule has 19 heavy (non-hydrogen) atoms. The summed E-state index contributed by atoms with van der Waals surface area (Å²) < 4.78 is 0. The second-order valence-corrected chi connectivity index (χ2v) is 5.41. The lowest BCUT2D eigenvalue weighted by Gasteiger charge is -2.22. The molecular formula is C17H26N2. The van der Waals surface area contributed by atoms with E-state index in [0.717, 1.165) is 25.7 Å². The Labute approximate surface area is 118 Å². The van der Waals surface area contributed by atoms with E-state index in [2.05, 4.69) is 49.1 Å². The quantitative estimate of drug-likeness (QED) is 0.716. The molecule has 2 atom stereocenters. The van der Waals surface area contributed by atoms with E-state index in [9.17, 15) is 5.26 Å². The Kier molecular flexibility index (Phi) is 6.42. The molecule has 2 unspecified atom stereocenters. The Morgan fingerprint density at radius 3 is 2.05 bits per heavy atom. The second kappa shape index (κ2) is 7.84. The average Bonchev–Trinajstić information content (AvgIpc) is 2.43. The van der Waals surface area contributed by atoms with Crippen molar-refractivity contribution in [2.24, 2.45) is 5.92 Å². The van der Waals surface area contributed by atoms with E-state index >= 15 is 0 Å². The van der Waals surface area contributed by atoms with Gasteiger partial charge >= 0.3 is 0 Å². The monoisotopic (exact) mass is 258 g/mol. The van der Waals surface area contributed by atoms with Crippen molar-refractivity contribution in [1.29, 1.82) is 5.26 Å². The van der Waals surface area contributed by atoms with Gasteiger partial charge in [-0.1, -0.05) is 38.8 Å². The number of hydrogen-bond donors (Lipinski definition) is 0. The van der Waals surface area contributed by atoms with Crippen molar-refractivity contribution < 1.29 is 0 Å². The van der Waals surface area contributed by atoms with Crippen molar-refractivity contribution in [1.82, 2.24) is 0 Å². The van der Waals surface area contributed by atoms with E-state index in [1.54, 1.807) is 0 Å². The molecule has 2 heteroatoms. The van der Waals surface area contributed by atoms with Crippen LogP contribution in [0.5, 0.6) is 0 Å². The largest absolute Gasteiger partial charge is 0.378 e. The number of hydrogen-bond acceptors (Lipinski definition) is 2. The standard InChI is InChI=1S/C17H26N2/c1-5-7-15(13-18)17(8-6-2)14-9-11-16(12-10-14)19(3)4/h9-12,15,17H,5-8H2,1-4H3. The summed E-state index contributed by atoms with van der Waals surface area (Å²) in [6.45, 7) is 4.35. The maximum atomic E-state index is 9.40. The molecule has 1 aromatic rings. The van der Waals surface area contributed by atoms with Crippen molar-refractivity contribution in [3.63, 3.8) is 0 Å². The van der Waals surface area contributed by atoms with Crippen LogP contribution in [0.4, 0.5) is 5.69 Å². The summed E-state index contributed by atoms with van der Waals surface area (Å²) in [5.74, 6) is 0.529. The van der Waals surface area contributed by atoms with Gasteiger partial charge in [-0.2, -0.15) is 5.26 Å². The Balaban J connectivity index is 2.95. The van der Waals surface area contributed by atoms with E-state index in [1.807, 2.05) is 14.1 Å². The fourth-order valence-electron chi connectivity index (χ4n) is 2.60. The van der Waals surface area contributed by atoms with Gasteiger partial charge in [0.25, 0.3) is 0 Å². The highest BCUT2D eigenvalue weighted by molar-refractivity contribution is 5.46. The van der Waals surface area contributed by atoms with Gasteiger partial charge in [0.05, 0.1) is 12.0 Å². The van der Waals surface area contributed by atoms with Crippen LogP contribution < -0.4 is 4.90 Å². The summed E-state index contributed by atoms with van der Waals surface area (Å²) >= 11 is 0. The first kappa shape index (κ1) is 15.6. The van der Waals surface area contributed by atoms with Crippen LogP contribution in [-0.4, -0.2) is 14.1 Å². The van der Waals surface area contributed by atoms with Crippen LogP contribution >= 0.6 is 0 Å². The lowest BCUT2D eigenvalue weighted by molar-refractivity contribution is 0.449. The van der Waals surface area contributed by atoms with E-state index < -0.39 is 0 Å². The van der Waals surface area contributed by atoms with E-state index in [-0.39, 0.29) is 5.92 Å². The molecule has 0 fully saturated rings. The molecular weight excluding hydrogens is 232 g/mol. The molecule has 0 spiro atoms. The molecule has 0 amide bonds. The molecule has 1 rings (SSSR count). The fraction of sp³-hybridized carbons (Fsp3) is 0.588. The van der Waals surface area contributed by atoms with Gasteiger partial charge in [-0.25, -0.2) is 0 Å². The molecule has 1 aromatic carbocycles. The molecule has 0 bridgehead atoms. The molecule has 0 saturated heterocycles. The molecule has 0 heterocycles. The second-order valence-electron chi connectivity index (χ2n) is 5.41. The highest BCUT2D eigenvalue weighted by Crippen LogP contribution is 2.32. The lowest BCUT2D eigenvalue weighted by Crippen LogP contribution is -2.12. The van der Waals surface area contributed by atoms with Gasteiger partial charge in [-0.15, -0.1) is 0 Å². The highest BCUT2D eigenvalue weighted by Gasteiger charge is 2.21. The van der Waals surface area contributed by atoms with Crippen molar-refractivity contribution in [3.8, 4) is 6.07 Å². The van der Waals surface area contributed by atoms with E-state index in [1.165, 1.54) is 11.3 Å². The van der Waals surface area contributed by atoms with Crippen LogP contribution in [0.25, 0.3) is 0 Å². The number of anilines is 1.